The van der Waals surface area contributed by atoms with E-state index in [1.165, 1.54) is 12.3 Å². The minimum atomic E-state index is -0.735. The van der Waals surface area contributed by atoms with Crippen LogP contribution in [-0.4, -0.2) is 33.7 Å². The smallest absolute Gasteiger partial charge is 0.315 e. The van der Waals surface area contributed by atoms with Gasteiger partial charge in [-0.05, 0) is 19.4 Å². The molecule has 0 atom stereocenters. The highest BCUT2D eigenvalue weighted by molar-refractivity contribution is 7.17. The SMILES string of the molecule is CCOc1cc(/C=N/NC(=O)c2sc(N)nc2CC)cc([N+](=O)[O-])c1O. The van der Waals surface area contributed by atoms with E-state index < -0.39 is 22.3 Å². The summed E-state index contributed by atoms with van der Waals surface area (Å²) in [5.41, 5.74) is 8.25. The number of nitrogens with two attached hydrogens (primary N) is 1. The summed E-state index contributed by atoms with van der Waals surface area (Å²) in [5, 5.41) is 24.9. The lowest BCUT2D eigenvalue weighted by Gasteiger charge is -2.07. The number of thiazole rings is 1. The number of nitrogens with one attached hydrogen (secondary N) is 1. The fraction of sp³-hybridized carbons (Fsp3) is 0.267. The van der Waals surface area contributed by atoms with Crippen molar-refractivity contribution in [3.05, 3.63) is 38.4 Å². The lowest BCUT2D eigenvalue weighted by Crippen LogP contribution is -2.17. The van der Waals surface area contributed by atoms with Gasteiger partial charge in [-0.2, -0.15) is 5.10 Å². The normalized spacial score (nSPS) is 10.8. The molecule has 4 N–H and O–H groups in total. The van der Waals surface area contributed by atoms with E-state index in [9.17, 15) is 20.0 Å². The Labute approximate surface area is 152 Å². The fourth-order valence-corrected chi connectivity index (χ4v) is 2.91. The maximum atomic E-state index is 12.1. The van der Waals surface area contributed by atoms with Crippen LogP contribution in [0.2, 0.25) is 0 Å². The molecule has 10 nitrogen and oxygen atoms in total. The number of benzene rings is 1. The Kier molecular flexibility index (Phi) is 6.07. The second-order valence-corrected chi connectivity index (χ2v) is 5.99. The number of hydrazone groups is 1. The molecule has 0 aliphatic rings. The number of aromatic nitrogens is 1. The minimum absolute atomic E-state index is 0.0435. The van der Waals surface area contributed by atoms with E-state index in [0.29, 0.717) is 17.0 Å². The summed E-state index contributed by atoms with van der Waals surface area (Å²) in [6.45, 7) is 3.74. The van der Waals surface area contributed by atoms with E-state index in [1.54, 1.807) is 6.92 Å². The average molecular weight is 379 g/mol. The Morgan fingerprint density at radius 1 is 1.54 bits per heavy atom. The summed E-state index contributed by atoms with van der Waals surface area (Å²) in [7, 11) is 0. The number of anilines is 1. The number of ether oxygens (including phenoxy) is 1. The maximum absolute atomic E-state index is 12.1. The number of phenols is 1. The summed E-state index contributed by atoms with van der Waals surface area (Å²) in [6.07, 6.45) is 1.75. The van der Waals surface area contributed by atoms with Gasteiger partial charge in [0.25, 0.3) is 5.91 Å². The largest absolute Gasteiger partial charge is 0.500 e. The van der Waals surface area contributed by atoms with Gasteiger partial charge in [0, 0.05) is 11.6 Å². The molecule has 0 aliphatic carbocycles. The molecule has 0 saturated heterocycles. The van der Waals surface area contributed by atoms with Gasteiger partial charge in [-0.25, -0.2) is 10.4 Å². The number of hydrogen-bond donors (Lipinski definition) is 3. The third-order valence-electron chi connectivity index (χ3n) is 3.21. The quantitative estimate of drug-likeness (QED) is 0.378. The zero-order valence-electron chi connectivity index (χ0n) is 14.1. The van der Waals surface area contributed by atoms with E-state index in [1.807, 2.05) is 6.92 Å². The molecule has 2 rings (SSSR count). The van der Waals surface area contributed by atoms with Crippen molar-refractivity contribution in [1.29, 1.82) is 0 Å². The highest BCUT2D eigenvalue weighted by Crippen LogP contribution is 2.36. The minimum Gasteiger partial charge on any atom is -0.500 e. The second-order valence-electron chi connectivity index (χ2n) is 4.96. The average Bonchev–Trinajstić information content (AvgIpc) is 2.98. The molecule has 26 heavy (non-hydrogen) atoms. The topological polar surface area (TPSA) is 153 Å². The van der Waals surface area contributed by atoms with E-state index in [0.717, 1.165) is 17.4 Å². The Hall–Kier alpha value is -3.21. The lowest BCUT2D eigenvalue weighted by atomic mass is 10.2. The zero-order chi connectivity index (χ0) is 19.3. The number of nitrogens with zero attached hydrogens (tertiary/aromatic N) is 3. The first-order valence-corrected chi connectivity index (χ1v) is 8.41. The van der Waals surface area contributed by atoms with Crippen LogP contribution in [0.3, 0.4) is 0 Å². The Bertz CT molecular complexity index is 864. The molecule has 0 spiro atoms. The molecule has 1 aromatic carbocycles. The summed E-state index contributed by atoms with van der Waals surface area (Å²) in [6, 6.07) is 2.50. The van der Waals surface area contributed by atoms with Crippen molar-refractivity contribution in [2.24, 2.45) is 5.10 Å². The van der Waals surface area contributed by atoms with Crippen molar-refractivity contribution < 1.29 is 19.6 Å². The maximum Gasteiger partial charge on any atom is 0.315 e. The molecule has 11 heteroatoms. The van der Waals surface area contributed by atoms with Crippen molar-refractivity contribution in [2.75, 3.05) is 12.3 Å². The predicted molar refractivity (Wildman–Crippen MR) is 96.9 cm³/mol. The van der Waals surface area contributed by atoms with Crippen LogP contribution in [-0.2, 0) is 6.42 Å². The summed E-state index contributed by atoms with van der Waals surface area (Å²) >= 11 is 1.05. The number of aromatic hydroxyl groups is 1. The van der Waals surface area contributed by atoms with Crippen molar-refractivity contribution in [2.45, 2.75) is 20.3 Å². The Balaban J connectivity index is 2.21. The predicted octanol–water partition coefficient (Wildman–Crippen LogP) is 2.06. The van der Waals surface area contributed by atoms with Gasteiger partial charge in [-0.3, -0.25) is 14.9 Å². The zero-order valence-corrected chi connectivity index (χ0v) is 14.9. The van der Waals surface area contributed by atoms with Crippen LogP contribution in [0.4, 0.5) is 10.8 Å². The monoisotopic (exact) mass is 379 g/mol. The number of carbonyl (C=O) groups is 1. The van der Waals surface area contributed by atoms with Crippen molar-refractivity contribution in [3.63, 3.8) is 0 Å². The number of phenolic OH excluding ortho intramolecular Hbond substituents is 1. The molecule has 138 valence electrons. The first kappa shape index (κ1) is 19.1. The van der Waals surface area contributed by atoms with E-state index in [4.69, 9.17) is 10.5 Å². The fourth-order valence-electron chi connectivity index (χ4n) is 2.10. The van der Waals surface area contributed by atoms with Crippen LogP contribution in [0.25, 0.3) is 0 Å². The third-order valence-corrected chi connectivity index (χ3v) is 4.13. The van der Waals surface area contributed by atoms with E-state index in [2.05, 4.69) is 15.5 Å². The molecule has 0 fully saturated rings. The number of rotatable bonds is 7. The van der Waals surface area contributed by atoms with Crippen LogP contribution < -0.4 is 15.9 Å². The molecule has 0 saturated carbocycles. The standard InChI is InChI=1S/C15H17N5O5S/c1-3-9-13(26-15(16)18-9)14(22)19-17-7-8-5-10(20(23)24)12(21)11(6-8)25-4-2/h5-7,21H,3-4H2,1-2H3,(H2,16,18)(H,19,22)/b17-7+. The molecule has 0 aliphatic heterocycles. The van der Waals surface area contributed by atoms with Crippen LogP contribution in [0.5, 0.6) is 11.5 Å². The van der Waals surface area contributed by atoms with Gasteiger partial charge in [0.1, 0.15) is 4.88 Å². The van der Waals surface area contributed by atoms with Crippen LogP contribution in [0.15, 0.2) is 17.2 Å². The van der Waals surface area contributed by atoms with Crippen molar-refractivity contribution in [3.8, 4) is 11.5 Å². The highest BCUT2D eigenvalue weighted by atomic mass is 32.1. The van der Waals surface area contributed by atoms with Gasteiger partial charge in [-0.15, -0.1) is 0 Å². The molecule has 1 aromatic heterocycles. The molecule has 2 aromatic rings. The molecule has 0 bridgehead atoms. The van der Waals surface area contributed by atoms with Gasteiger partial charge in [0.15, 0.2) is 10.9 Å². The van der Waals surface area contributed by atoms with Crippen molar-refractivity contribution >= 4 is 34.3 Å². The lowest BCUT2D eigenvalue weighted by molar-refractivity contribution is -0.386. The second kappa shape index (κ2) is 8.25. The number of carbonyl (C=O) groups excluding carboxylic acids is 1. The first-order valence-electron chi connectivity index (χ1n) is 7.60. The number of aryl methyl sites for hydroxylation is 1. The number of hydrogen-bond acceptors (Lipinski definition) is 9. The number of nitro groups is 1. The Morgan fingerprint density at radius 2 is 2.27 bits per heavy atom. The number of nitro benzene ring substituents is 1. The van der Waals surface area contributed by atoms with E-state index in [-0.39, 0.29) is 23.1 Å². The van der Waals surface area contributed by atoms with Crippen LogP contribution in [0.1, 0.15) is 34.8 Å². The number of amides is 1. The van der Waals surface area contributed by atoms with Gasteiger partial charge in [-0.1, -0.05) is 18.3 Å². The molecule has 1 amide bonds. The summed E-state index contributed by atoms with van der Waals surface area (Å²) in [5.74, 6) is -1.09. The molecule has 0 radical (unpaired) electrons. The van der Waals surface area contributed by atoms with Crippen LogP contribution >= 0.6 is 11.3 Å². The molecule has 0 unspecified atom stereocenters. The first-order chi connectivity index (χ1) is 12.4. The number of nitrogen functional groups attached to an aromatic ring is 1. The molecular formula is C15H17N5O5S. The Morgan fingerprint density at radius 3 is 2.88 bits per heavy atom. The van der Waals surface area contributed by atoms with E-state index >= 15 is 0 Å². The summed E-state index contributed by atoms with van der Waals surface area (Å²) in [4.78, 5) is 26.8. The van der Waals surface area contributed by atoms with Gasteiger partial charge in [0.2, 0.25) is 5.75 Å². The van der Waals surface area contributed by atoms with Gasteiger partial charge < -0.3 is 15.6 Å². The van der Waals surface area contributed by atoms with Crippen LogP contribution in [0, 0.1) is 10.1 Å². The van der Waals surface area contributed by atoms with Gasteiger partial charge in [0.05, 0.1) is 23.4 Å². The van der Waals surface area contributed by atoms with Crippen molar-refractivity contribution in [1.82, 2.24) is 10.4 Å². The molecule has 1 heterocycles. The molecular weight excluding hydrogens is 362 g/mol. The van der Waals surface area contributed by atoms with Gasteiger partial charge >= 0.3 is 5.69 Å². The highest BCUT2D eigenvalue weighted by Gasteiger charge is 2.20. The third kappa shape index (κ3) is 4.25. The summed E-state index contributed by atoms with van der Waals surface area (Å²) < 4.78 is 5.17.